The number of hydrogen-bond donors (Lipinski definition) is 2. The molecule has 2 N–H and O–H groups in total. The minimum atomic E-state index is -0.0493. The van der Waals surface area contributed by atoms with Gasteiger partial charge in [-0.25, -0.2) is 10.1 Å². The Kier molecular flexibility index (Phi) is 6.51. The van der Waals surface area contributed by atoms with Crippen LogP contribution < -0.4 is 5.32 Å². The number of amides is 1. The number of benzene rings is 2. The van der Waals surface area contributed by atoms with Crippen molar-refractivity contribution in [3.8, 4) is 0 Å². The van der Waals surface area contributed by atoms with Crippen LogP contribution in [0.1, 0.15) is 31.2 Å². The van der Waals surface area contributed by atoms with Crippen LogP contribution in [0.5, 0.6) is 0 Å². The van der Waals surface area contributed by atoms with Crippen molar-refractivity contribution in [1.29, 1.82) is 0 Å². The van der Waals surface area contributed by atoms with Gasteiger partial charge in [-0.05, 0) is 36.2 Å². The van der Waals surface area contributed by atoms with Gasteiger partial charge in [0, 0.05) is 22.5 Å². The van der Waals surface area contributed by atoms with Gasteiger partial charge in [0.2, 0.25) is 11.7 Å². The van der Waals surface area contributed by atoms with Crippen LogP contribution in [0.2, 0.25) is 10.0 Å². The number of nitrogens with zero attached hydrogens (tertiary/aromatic N) is 3. The zero-order chi connectivity index (χ0) is 21.1. The van der Waals surface area contributed by atoms with E-state index in [2.05, 4.69) is 27.4 Å². The van der Waals surface area contributed by atoms with Crippen LogP contribution in [0, 0.1) is 0 Å². The van der Waals surface area contributed by atoms with Gasteiger partial charge >= 0.3 is 0 Å². The zero-order valence-electron chi connectivity index (χ0n) is 16.4. The predicted molar refractivity (Wildman–Crippen MR) is 123 cm³/mol. The van der Waals surface area contributed by atoms with Crippen molar-refractivity contribution in [1.82, 2.24) is 24.9 Å². The molecule has 0 radical (unpaired) electrons. The van der Waals surface area contributed by atoms with Crippen molar-refractivity contribution in [2.45, 2.75) is 30.8 Å². The number of carbonyl (C=O) groups excluding carboxylic acids is 1. The highest BCUT2D eigenvalue weighted by Gasteiger charge is 2.17. The summed E-state index contributed by atoms with van der Waals surface area (Å²) in [4.78, 5) is 17.0. The minimum absolute atomic E-state index is 0.0493. The Hall–Kier alpha value is -2.22. The van der Waals surface area contributed by atoms with Crippen LogP contribution in [-0.4, -0.2) is 37.8 Å². The van der Waals surface area contributed by atoms with Crippen LogP contribution in [0.4, 0.5) is 0 Å². The third-order valence-electron chi connectivity index (χ3n) is 4.92. The molecule has 1 atom stereocenters. The van der Waals surface area contributed by atoms with Gasteiger partial charge in [0.25, 0.3) is 0 Å². The Balaban J connectivity index is 1.40. The third-order valence-corrected chi connectivity index (χ3v) is 6.42. The maximum Gasteiger partial charge on any atom is 0.231 e. The monoisotopic (exact) mass is 461 g/mol. The molecule has 0 fully saturated rings. The second-order valence-electron chi connectivity index (χ2n) is 7.01. The summed E-state index contributed by atoms with van der Waals surface area (Å²) in [5, 5.41) is 12.2. The number of hydrogen-bond acceptors (Lipinski definition) is 4. The highest BCUT2D eigenvalue weighted by atomic mass is 35.5. The number of thioether (sulfide) groups is 1. The molecule has 1 amide bonds. The number of imidazole rings is 1. The number of H-pyrrole nitrogens is 1. The molecular weight excluding hydrogens is 441 g/mol. The summed E-state index contributed by atoms with van der Waals surface area (Å²) in [6.07, 6.45) is 1.92. The number of para-hydroxylation sites is 2. The number of rotatable bonds is 8. The average molecular weight is 462 g/mol. The highest BCUT2D eigenvalue weighted by molar-refractivity contribution is 7.99. The summed E-state index contributed by atoms with van der Waals surface area (Å²) in [6, 6.07) is 13.4. The Bertz CT molecular complexity index is 1190. The third kappa shape index (κ3) is 4.43. The molecule has 6 nitrogen and oxygen atoms in total. The van der Waals surface area contributed by atoms with E-state index in [9.17, 15) is 4.79 Å². The van der Waals surface area contributed by atoms with E-state index in [0.717, 1.165) is 29.4 Å². The Morgan fingerprint density at radius 1 is 1.27 bits per heavy atom. The molecule has 0 aliphatic heterocycles. The van der Waals surface area contributed by atoms with Crippen LogP contribution >= 0.6 is 35.0 Å². The van der Waals surface area contributed by atoms with E-state index < -0.39 is 0 Å². The SMILES string of the molecule is CCC[C@H](CNC(=O)CSc1n[nH]c2nc3ccccc3n12)c1ccc(Cl)cc1Cl. The molecule has 0 aliphatic carbocycles. The van der Waals surface area contributed by atoms with Crippen molar-refractivity contribution >= 4 is 57.7 Å². The lowest BCUT2D eigenvalue weighted by molar-refractivity contribution is -0.118. The van der Waals surface area contributed by atoms with Gasteiger partial charge in [-0.15, -0.1) is 5.10 Å². The van der Waals surface area contributed by atoms with Gasteiger partial charge in [0.1, 0.15) is 0 Å². The largest absolute Gasteiger partial charge is 0.355 e. The molecule has 0 aliphatic rings. The molecule has 30 heavy (non-hydrogen) atoms. The van der Waals surface area contributed by atoms with Crippen LogP contribution in [0.15, 0.2) is 47.6 Å². The Labute approximate surface area is 188 Å². The summed E-state index contributed by atoms with van der Waals surface area (Å²) >= 11 is 13.8. The standard InChI is InChI=1S/C21H21Cl2N5OS/c1-2-5-13(15-9-8-14(22)10-16(15)23)11-24-19(29)12-30-21-27-26-20-25-17-6-3-4-7-18(17)28(20)21/h3-4,6-10,13H,2,5,11-12H2,1H3,(H,24,29)(H,25,26)/t13-/m1/s1. The molecule has 0 saturated carbocycles. The lowest BCUT2D eigenvalue weighted by atomic mass is 9.94. The van der Waals surface area contributed by atoms with Gasteiger partial charge < -0.3 is 5.32 Å². The number of halogens is 2. The second kappa shape index (κ2) is 9.29. The number of nitrogens with one attached hydrogen (secondary N) is 2. The predicted octanol–water partition coefficient (Wildman–Crippen LogP) is 5.31. The molecule has 156 valence electrons. The molecule has 0 unspecified atom stereocenters. The summed E-state index contributed by atoms with van der Waals surface area (Å²) < 4.78 is 1.93. The number of aromatic amines is 1. The van der Waals surface area contributed by atoms with Gasteiger partial charge in [-0.1, -0.05) is 66.5 Å². The molecular formula is C21H21Cl2N5OS. The van der Waals surface area contributed by atoms with E-state index in [4.69, 9.17) is 23.2 Å². The molecule has 4 rings (SSSR count). The van der Waals surface area contributed by atoms with E-state index in [0.29, 0.717) is 27.5 Å². The van der Waals surface area contributed by atoms with E-state index in [1.807, 2.05) is 40.8 Å². The van der Waals surface area contributed by atoms with E-state index >= 15 is 0 Å². The van der Waals surface area contributed by atoms with Gasteiger partial charge in [0.05, 0.1) is 16.8 Å². The van der Waals surface area contributed by atoms with Crippen LogP contribution in [0.25, 0.3) is 16.8 Å². The first-order chi connectivity index (χ1) is 14.6. The molecule has 0 saturated heterocycles. The molecule has 0 bridgehead atoms. The molecule has 0 spiro atoms. The first-order valence-corrected chi connectivity index (χ1v) is 11.5. The molecule has 2 heterocycles. The van der Waals surface area contributed by atoms with Gasteiger partial charge in [0.15, 0.2) is 5.16 Å². The number of aromatic nitrogens is 4. The van der Waals surface area contributed by atoms with E-state index in [1.165, 1.54) is 11.8 Å². The lowest BCUT2D eigenvalue weighted by Crippen LogP contribution is -2.30. The van der Waals surface area contributed by atoms with Gasteiger partial charge in [-0.3, -0.25) is 9.20 Å². The highest BCUT2D eigenvalue weighted by Crippen LogP contribution is 2.30. The minimum Gasteiger partial charge on any atom is -0.355 e. The van der Waals surface area contributed by atoms with Crippen LogP contribution in [0.3, 0.4) is 0 Å². The Morgan fingerprint density at radius 3 is 2.90 bits per heavy atom. The van der Waals surface area contributed by atoms with Gasteiger partial charge in [-0.2, -0.15) is 0 Å². The molecule has 2 aromatic heterocycles. The normalized spacial score (nSPS) is 12.5. The van der Waals surface area contributed by atoms with Crippen molar-refractivity contribution < 1.29 is 4.79 Å². The van der Waals surface area contributed by atoms with Crippen molar-refractivity contribution in [2.24, 2.45) is 0 Å². The Morgan fingerprint density at radius 2 is 2.10 bits per heavy atom. The van der Waals surface area contributed by atoms with E-state index in [-0.39, 0.29) is 17.6 Å². The molecule has 9 heteroatoms. The van der Waals surface area contributed by atoms with Crippen molar-refractivity contribution in [2.75, 3.05) is 12.3 Å². The fraction of sp³-hybridized carbons (Fsp3) is 0.286. The van der Waals surface area contributed by atoms with Crippen molar-refractivity contribution in [3.63, 3.8) is 0 Å². The molecule has 4 aromatic rings. The van der Waals surface area contributed by atoms with Crippen molar-refractivity contribution in [3.05, 3.63) is 58.1 Å². The summed E-state index contributed by atoms with van der Waals surface area (Å²) in [5.41, 5.74) is 2.86. The zero-order valence-corrected chi connectivity index (χ0v) is 18.7. The fourth-order valence-corrected chi connectivity index (χ4v) is 4.86. The number of fused-ring (bicyclic) bond motifs is 3. The quantitative estimate of drug-likeness (QED) is 0.348. The molecule has 2 aromatic carbocycles. The summed E-state index contributed by atoms with van der Waals surface area (Å²) in [5.74, 6) is 1.02. The topological polar surface area (TPSA) is 75.1 Å². The summed E-state index contributed by atoms with van der Waals surface area (Å²) in [7, 11) is 0. The second-order valence-corrected chi connectivity index (χ2v) is 8.80. The smallest absolute Gasteiger partial charge is 0.231 e. The maximum atomic E-state index is 12.5. The maximum absolute atomic E-state index is 12.5. The number of carbonyl (C=O) groups is 1. The van der Waals surface area contributed by atoms with Crippen LogP contribution in [-0.2, 0) is 4.79 Å². The first-order valence-electron chi connectivity index (χ1n) is 9.72. The average Bonchev–Trinajstić information content (AvgIpc) is 3.29. The fourth-order valence-electron chi connectivity index (χ4n) is 3.51. The van der Waals surface area contributed by atoms with E-state index in [1.54, 1.807) is 6.07 Å². The first kappa shape index (κ1) is 21.0. The lowest BCUT2D eigenvalue weighted by Gasteiger charge is -2.19. The summed E-state index contributed by atoms with van der Waals surface area (Å²) in [6.45, 7) is 2.64.